The minimum atomic E-state index is 0. The van der Waals surface area contributed by atoms with Crippen LogP contribution in [0.2, 0.25) is 5.02 Å². The Kier molecular flexibility index (Phi) is 10.4. The third kappa shape index (κ3) is 6.97. The predicted molar refractivity (Wildman–Crippen MR) is 146 cm³/mol. The predicted octanol–water partition coefficient (Wildman–Crippen LogP) is 4.74. The van der Waals surface area contributed by atoms with Crippen molar-refractivity contribution in [3.8, 4) is 0 Å². The largest absolute Gasteiger partial charge is 0.357 e. The highest BCUT2D eigenvalue weighted by molar-refractivity contribution is 14.0. The summed E-state index contributed by atoms with van der Waals surface area (Å²) in [5.74, 6) is 1.70. The van der Waals surface area contributed by atoms with E-state index in [4.69, 9.17) is 16.6 Å². The lowest BCUT2D eigenvalue weighted by atomic mass is 9.82. The molecule has 3 aliphatic heterocycles. The molecule has 2 unspecified atom stereocenters. The first-order valence-electron chi connectivity index (χ1n) is 12.3. The maximum Gasteiger partial charge on any atom is 0.191 e. The van der Waals surface area contributed by atoms with Crippen LogP contribution in [0.5, 0.6) is 0 Å². The van der Waals surface area contributed by atoms with Gasteiger partial charge in [0.2, 0.25) is 0 Å². The molecular formula is C25H41ClIN5. The maximum atomic E-state index is 6.34. The number of halogens is 2. The topological polar surface area (TPSA) is 42.9 Å². The molecular weight excluding hydrogens is 533 g/mol. The summed E-state index contributed by atoms with van der Waals surface area (Å²) >= 11 is 6.34. The number of hydrogen-bond donors (Lipinski definition) is 2. The Morgan fingerprint density at radius 2 is 1.78 bits per heavy atom. The first-order valence-corrected chi connectivity index (χ1v) is 12.7. The number of fused-ring (bicyclic) bond motifs is 2. The molecule has 2 atom stereocenters. The fourth-order valence-electron chi connectivity index (χ4n) is 5.66. The maximum absolute atomic E-state index is 6.34. The van der Waals surface area contributed by atoms with E-state index < -0.39 is 0 Å². The third-order valence-corrected chi connectivity index (χ3v) is 7.96. The van der Waals surface area contributed by atoms with Crippen LogP contribution in [0.1, 0.15) is 57.4 Å². The molecule has 0 amide bonds. The Balaban J connectivity index is 0.00000289. The van der Waals surface area contributed by atoms with Crippen molar-refractivity contribution in [3.05, 3.63) is 34.9 Å². The van der Waals surface area contributed by atoms with E-state index in [9.17, 15) is 0 Å². The van der Waals surface area contributed by atoms with Crippen molar-refractivity contribution < 1.29 is 0 Å². The van der Waals surface area contributed by atoms with E-state index >= 15 is 0 Å². The lowest BCUT2D eigenvalue weighted by Crippen LogP contribution is -2.56. The van der Waals surface area contributed by atoms with Crippen LogP contribution in [0, 0.1) is 5.92 Å². The number of aliphatic imine (C=N–C) groups is 1. The lowest BCUT2D eigenvalue weighted by molar-refractivity contribution is 0.0526. The van der Waals surface area contributed by atoms with Crippen molar-refractivity contribution in [3.63, 3.8) is 0 Å². The third-order valence-electron chi connectivity index (χ3n) is 7.59. The molecule has 3 saturated heterocycles. The number of nitrogens with one attached hydrogen (secondary N) is 2. The first-order chi connectivity index (χ1) is 15.1. The molecule has 3 heterocycles. The van der Waals surface area contributed by atoms with Gasteiger partial charge in [0.1, 0.15) is 0 Å². The number of likely N-dealkylation sites (tertiary alicyclic amines) is 1. The zero-order valence-corrected chi connectivity index (χ0v) is 22.8. The van der Waals surface area contributed by atoms with Crippen LogP contribution >= 0.6 is 35.6 Å². The fourth-order valence-corrected chi connectivity index (χ4v) is 5.86. The zero-order chi connectivity index (χ0) is 21.6. The van der Waals surface area contributed by atoms with E-state index in [1.165, 1.54) is 50.5 Å². The van der Waals surface area contributed by atoms with Gasteiger partial charge in [-0.15, -0.1) is 24.0 Å². The number of guanidine groups is 1. The number of benzene rings is 1. The van der Waals surface area contributed by atoms with Crippen molar-refractivity contribution in [1.82, 2.24) is 20.4 Å². The van der Waals surface area contributed by atoms with Crippen LogP contribution in [-0.2, 0) is 6.54 Å². The quantitative estimate of drug-likeness (QED) is 0.293. The smallest absolute Gasteiger partial charge is 0.191 e. The van der Waals surface area contributed by atoms with Gasteiger partial charge in [-0.3, -0.25) is 9.89 Å². The minimum absolute atomic E-state index is 0. The molecule has 0 aromatic heterocycles. The summed E-state index contributed by atoms with van der Waals surface area (Å²) in [4.78, 5) is 10.2. The molecule has 5 nitrogen and oxygen atoms in total. The monoisotopic (exact) mass is 573 g/mol. The van der Waals surface area contributed by atoms with Crippen molar-refractivity contribution in [1.29, 1.82) is 0 Å². The van der Waals surface area contributed by atoms with E-state index in [-0.39, 0.29) is 24.0 Å². The molecule has 1 aromatic rings. The molecule has 2 N–H and O–H groups in total. The van der Waals surface area contributed by atoms with E-state index in [0.717, 1.165) is 55.8 Å². The van der Waals surface area contributed by atoms with Crippen LogP contribution in [0.25, 0.3) is 0 Å². The second-order valence-corrected chi connectivity index (χ2v) is 10.2. The van der Waals surface area contributed by atoms with Gasteiger partial charge in [0.25, 0.3) is 0 Å². The molecule has 32 heavy (non-hydrogen) atoms. The Labute approximate surface area is 216 Å². The summed E-state index contributed by atoms with van der Waals surface area (Å²) in [5, 5.41) is 8.16. The molecule has 3 aliphatic rings. The van der Waals surface area contributed by atoms with Crippen LogP contribution in [0.15, 0.2) is 29.3 Å². The van der Waals surface area contributed by atoms with Crippen LogP contribution in [0.3, 0.4) is 0 Å². The van der Waals surface area contributed by atoms with Crippen LogP contribution < -0.4 is 10.6 Å². The van der Waals surface area contributed by atoms with Gasteiger partial charge in [0.15, 0.2) is 5.96 Å². The standard InChI is InChI=1S/C25H40ClN5.HI/c1-3-27-25(29-21-15-22-8-6-9-23(16-21)30(22)2)28-17-19-11-13-31(14-12-19)18-20-7-4-5-10-24(20)26;/h4-5,7,10,19,21-23H,3,6,8-9,11-18H2,1-2H3,(H2,27,28,29);1H. The number of rotatable bonds is 6. The Morgan fingerprint density at radius 3 is 2.44 bits per heavy atom. The van der Waals surface area contributed by atoms with Crippen molar-refractivity contribution in [2.75, 3.05) is 33.2 Å². The van der Waals surface area contributed by atoms with Gasteiger partial charge in [-0.1, -0.05) is 36.2 Å². The Hall–Kier alpha value is -0.570. The summed E-state index contributed by atoms with van der Waals surface area (Å²) in [6, 6.07) is 10.3. The van der Waals surface area contributed by atoms with E-state index in [1.54, 1.807) is 0 Å². The highest BCUT2D eigenvalue weighted by Crippen LogP contribution is 2.32. The molecule has 2 bridgehead atoms. The molecule has 0 spiro atoms. The van der Waals surface area contributed by atoms with E-state index in [1.807, 2.05) is 12.1 Å². The van der Waals surface area contributed by atoms with Crippen molar-refractivity contribution in [2.45, 2.75) is 76.5 Å². The molecule has 0 saturated carbocycles. The average Bonchev–Trinajstić information content (AvgIpc) is 2.75. The molecule has 4 rings (SSSR count). The van der Waals surface area contributed by atoms with Crippen molar-refractivity contribution >= 4 is 41.5 Å². The first kappa shape index (κ1) is 26.0. The zero-order valence-electron chi connectivity index (χ0n) is 19.7. The lowest BCUT2D eigenvalue weighted by Gasteiger charge is -2.47. The van der Waals surface area contributed by atoms with Crippen LogP contribution in [-0.4, -0.2) is 67.1 Å². The van der Waals surface area contributed by atoms with Gasteiger partial charge >= 0.3 is 0 Å². The Morgan fingerprint density at radius 1 is 1.09 bits per heavy atom. The average molecular weight is 574 g/mol. The summed E-state index contributed by atoms with van der Waals surface area (Å²) in [6.07, 6.45) is 9.03. The molecule has 0 aliphatic carbocycles. The second-order valence-electron chi connectivity index (χ2n) is 9.75. The summed E-state index contributed by atoms with van der Waals surface area (Å²) < 4.78 is 0. The fraction of sp³-hybridized carbons (Fsp3) is 0.720. The summed E-state index contributed by atoms with van der Waals surface area (Å²) in [6.45, 7) is 7.23. The molecule has 180 valence electrons. The highest BCUT2D eigenvalue weighted by Gasteiger charge is 2.36. The number of piperidine rings is 3. The van der Waals surface area contributed by atoms with Gasteiger partial charge in [-0.2, -0.15) is 0 Å². The van der Waals surface area contributed by atoms with Gasteiger partial charge in [-0.05, 0) is 83.1 Å². The molecule has 1 aromatic carbocycles. The normalized spacial score (nSPS) is 27.6. The van der Waals surface area contributed by atoms with Gasteiger partial charge < -0.3 is 15.5 Å². The minimum Gasteiger partial charge on any atom is -0.357 e. The summed E-state index contributed by atoms with van der Waals surface area (Å²) in [5.41, 5.74) is 1.24. The second kappa shape index (κ2) is 12.8. The number of hydrogen-bond acceptors (Lipinski definition) is 3. The Bertz CT molecular complexity index is 723. The van der Waals surface area contributed by atoms with Gasteiger partial charge in [-0.25, -0.2) is 0 Å². The van der Waals surface area contributed by atoms with Crippen LogP contribution in [0.4, 0.5) is 0 Å². The van der Waals surface area contributed by atoms with Gasteiger partial charge in [0, 0.05) is 42.8 Å². The molecule has 7 heteroatoms. The number of nitrogens with zero attached hydrogens (tertiary/aromatic N) is 3. The molecule has 0 radical (unpaired) electrons. The van der Waals surface area contributed by atoms with E-state index in [2.05, 4.69) is 46.5 Å². The molecule has 3 fully saturated rings. The van der Waals surface area contributed by atoms with Crippen molar-refractivity contribution in [2.24, 2.45) is 10.9 Å². The van der Waals surface area contributed by atoms with Gasteiger partial charge in [0.05, 0.1) is 0 Å². The van der Waals surface area contributed by atoms with E-state index in [0.29, 0.717) is 12.0 Å². The summed E-state index contributed by atoms with van der Waals surface area (Å²) in [7, 11) is 2.32. The SMILES string of the molecule is CCNC(=NCC1CCN(Cc2ccccc2Cl)CC1)NC1CC2CCCC(C1)N2C.I. The highest BCUT2D eigenvalue weighted by atomic mass is 127.